The first kappa shape index (κ1) is 16.5. The van der Waals surface area contributed by atoms with Crippen LogP contribution in [0.1, 0.15) is 19.8 Å². The maximum atomic E-state index is 12.6. The van der Waals surface area contributed by atoms with E-state index in [1.807, 2.05) is 4.90 Å². The van der Waals surface area contributed by atoms with Gasteiger partial charge in [-0.1, -0.05) is 12.1 Å². The number of oxime groups is 1. The molecule has 2 fully saturated rings. The molecule has 0 unspecified atom stereocenters. The molecular weight excluding hydrogens is 294 g/mol. The second-order valence-corrected chi connectivity index (χ2v) is 7.78. The summed E-state index contributed by atoms with van der Waals surface area (Å²) in [5, 5.41) is 11.5. The fourth-order valence-corrected chi connectivity index (χ4v) is 4.38. The van der Waals surface area contributed by atoms with Gasteiger partial charge in [0, 0.05) is 39.3 Å². The van der Waals surface area contributed by atoms with Crippen molar-refractivity contribution in [1.82, 2.24) is 13.5 Å². The molecule has 2 aliphatic rings. The lowest BCUT2D eigenvalue weighted by Gasteiger charge is -2.38. The van der Waals surface area contributed by atoms with E-state index in [9.17, 15) is 8.42 Å². The maximum Gasteiger partial charge on any atom is 0.282 e. The lowest BCUT2D eigenvalue weighted by atomic mass is 10.0. The standard InChI is InChI=1S/C12H25N5O3S/c1-11-2-4-16(5-3-11)21(19,20)17-8-6-15(7-9-17)10-12(13)14-18/h11,18H,2-10H2,1H3,(H2,13,14). The summed E-state index contributed by atoms with van der Waals surface area (Å²) in [5.74, 6) is 0.755. The molecule has 122 valence electrons. The van der Waals surface area contributed by atoms with Crippen LogP contribution in [0, 0.1) is 5.92 Å². The summed E-state index contributed by atoms with van der Waals surface area (Å²) in [4.78, 5) is 1.99. The van der Waals surface area contributed by atoms with Gasteiger partial charge in [0.05, 0.1) is 6.54 Å². The summed E-state index contributed by atoms with van der Waals surface area (Å²) in [6.07, 6.45) is 1.87. The van der Waals surface area contributed by atoms with E-state index >= 15 is 0 Å². The van der Waals surface area contributed by atoms with E-state index in [1.54, 1.807) is 8.61 Å². The van der Waals surface area contributed by atoms with Gasteiger partial charge >= 0.3 is 0 Å². The van der Waals surface area contributed by atoms with Gasteiger partial charge in [-0.05, 0) is 18.8 Å². The molecule has 0 spiro atoms. The van der Waals surface area contributed by atoms with Crippen LogP contribution in [-0.4, -0.2) is 78.8 Å². The smallest absolute Gasteiger partial charge is 0.282 e. The van der Waals surface area contributed by atoms with Crippen LogP contribution < -0.4 is 5.73 Å². The van der Waals surface area contributed by atoms with Crippen molar-refractivity contribution in [3.8, 4) is 0 Å². The molecule has 2 saturated heterocycles. The Bertz CT molecular complexity index is 465. The first-order chi connectivity index (χ1) is 9.93. The number of rotatable bonds is 4. The number of amidine groups is 1. The zero-order valence-electron chi connectivity index (χ0n) is 12.5. The monoisotopic (exact) mass is 319 g/mol. The van der Waals surface area contributed by atoms with Gasteiger partial charge in [-0.3, -0.25) is 4.90 Å². The first-order valence-electron chi connectivity index (χ1n) is 7.37. The molecule has 0 aliphatic carbocycles. The summed E-state index contributed by atoms with van der Waals surface area (Å²) < 4.78 is 28.3. The van der Waals surface area contributed by atoms with E-state index in [-0.39, 0.29) is 5.84 Å². The predicted octanol–water partition coefficient (Wildman–Crippen LogP) is -0.673. The van der Waals surface area contributed by atoms with E-state index < -0.39 is 10.2 Å². The molecule has 0 radical (unpaired) electrons. The Morgan fingerprint density at radius 1 is 1.14 bits per heavy atom. The van der Waals surface area contributed by atoms with Gasteiger partial charge in [-0.25, -0.2) is 0 Å². The summed E-state index contributed by atoms with van der Waals surface area (Å²) in [6.45, 7) is 5.86. The molecule has 0 saturated carbocycles. The molecule has 0 atom stereocenters. The van der Waals surface area contributed by atoms with Crippen molar-refractivity contribution in [1.29, 1.82) is 0 Å². The van der Waals surface area contributed by atoms with Crippen LogP contribution in [0.4, 0.5) is 0 Å². The number of piperidine rings is 1. The molecule has 3 N–H and O–H groups in total. The van der Waals surface area contributed by atoms with Gasteiger partial charge in [0.15, 0.2) is 5.84 Å². The third kappa shape index (κ3) is 4.06. The Balaban J connectivity index is 1.89. The average molecular weight is 319 g/mol. The van der Waals surface area contributed by atoms with Crippen molar-refractivity contribution in [2.24, 2.45) is 16.8 Å². The molecule has 2 heterocycles. The second kappa shape index (κ2) is 6.91. The minimum Gasteiger partial charge on any atom is -0.409 e. The van der Waals surface area contributed by atoms with Crippen LogP contribution in [0.15, 0.2) is 5.16 Å². The molecule has 0 aromatic heterocycles. The van der Waals surface area contributed by atoms with E-state index in [1.165, 1.54) is 0 Å². The van der Waals surface area contributed by atoms with Gasteiger partial charge in [0.2, 0.25) is 0 Å². The maximum absolute atomic E-state index is 12.6. The molecule has 0 bridgehead atoms. The Morgan fingerprint density at radius 2 is 1.67 bits per heavy atom. The third-order valence-corrected chi connectivity index (χ3v) is 6.28. The fourth-order valence-electron chi connectivity index (χ4n) is 2.76. The Morgan fingerprint density at radius 3 is 2.19 bits per heavy atom. The van der Waals surface area contributed by atoms with Gasteiger partial charge in [-0.15, -0.1) is 0 Å². The summed E-state index contributed by atoms with van der Waals surface area (Å²) in [6, 6.07) is 0. The summed E-state index contributed by atoms with van der Waals surface area (Å²) >= 11 is 0. The molecule has 2 aliphatic heterocycles. The van der Waals surface area contributed by atoms with Gasteiger partial charge in [0.1, 0.15) is 0 Å². The average Bonchev–Trinajstić information content (AvgIpc) is 2.48. The highest BCUT2D eigenvalue weighted by Gasteiger charge is 2.34. The second-order valence-electron chi connectivity index (χ2n) is 5.86. The molecule has 0 amide bonds. The van der Waals surface area contributed by atoms with Crippen molar-refractivity contribution >= 4 is 16.0 Å². The molecule has 0 aromatic rings. The van der Waals surface area contributed by atoms with E-state index in [4.69, 9.17) is 10.9 Å². The zero-order chi connectivity index (χ0) is 15.5. The highest BCUT2D eigenvalue weighted by Crippen LogP contribution is 2.21. The molecule has 9 heteroatoms. The molecular formula is C12H25N5O3S. The molecule has 2 rings (SSSR count). The third-order valence-electron chi connectivity index (χ3n) is 4.24. The molecule has 8 nitrogen and oxygen atoms in total. The van der Waals surface area contributed by atoms with Crippen molar-refractivity contribution in [2.45, 2.75) is 19.8 Å². The normalized spacial score (nSPS) is 25.3. The Kier molecular flexibility index (Phi) is 5.42. The van der Waals surface area contributed by atoms with E-state index in [0.29, 0.717) is 51.7 Å². The van der Waals surface area contributed by atoms with E-state index in [2.05, 4.69) is 12.1 Å². The minimum atomic E-state index is -3.34. The predicted molar refractivity (Wildman–Crippen MR) is 80.3 cm³/mol. The summed E-state index contributed by atoms with van der Waals surface area (Å²) in [7, 11) is -3.34. The van der Waals surface area contributed by atoms with E-state index in [0.717, 1.165) is 12.8 Å². The first-order valence-corrected chi connectivity index (χ1v) is 8.77. The highest BCUT2D eigenvalue weighted by molar-refractivity contribution is 7.86. The topological polar surface area (TPSA) is 102 Å². The number of hydrogen-bond donors (Lipinski definition) is 2. The number of hydrogen-bond acceptors (Lipinski definition) is 5. The van der Waals surface area contributed by atoms with Crippen molar-refractivity contribution in [3.05, 3.63) is 0 Å². The molecule has 21 heavy (non-hydrogen) atoms. The largest absolute Gasteiger partial charge is 0.409 e. The van der Waals surface area contributed by atoms with Gasteiger partial charge in [-0.2, -0.15) is 17.0 Å². The van der Waals surface area contributed by atoms with Crippen LogP contribution in [0.25, 0.3) is 0 Å². The lowest BCUT2D eigenvalue weighted by Crippen LogP contribution is -2.55. The fraction of sp³-hybridized carbons (Fsp3) is 0.917. The summed E-state index contributed by atoms with van der Waals surface area (Å²) in [5.41, 5.74) is 5.47. The van der Waals surface area contributed by atoms with Crippen LogP contribution >= 0.6 is 0 Å². The van der Waals surface area contributed by atoms with Crippen LogP contribution in [0.2, 0.25) is 0 Å². The van der Waals surface area contributed by atoms with Crippen molar-refractivity contribution in [2.75, 3.05) is 45.8 Å². The van der Waals surface area contributed by atoms with Crippen LogP contribution in [-0.2, 0) is 10.2 Å². The Hall–Kier alpha value is -0.900. The van der Waals surface area contributed by atoms with Crippen LogP contribution in [0.5, 0.6) is 0 Å². The van der Waals surface area contributed by atoms with Crippen LogP contribution in [0.3, 0.4) is 0 Å². The SMILES string of the molecule is CC1CCN(S(=O)(=O)N2CCN(CC(N)=NO)CC2)CC1. The number of nitrogens with two attached hydrogens (primary N) is 1. The van der Waals surface area contributed by atoms with Gasteiger partial charge < -0.3 is 10.9 Å². The highest BCUT2D eigenvalue weighted by atomic mass is 32.2. The Labute approximate surface area is 126 Å². The zero-order valence-corrected chi connectivity index (χ0v) is 13.3. The molecule has 0 aromatic carbocycles. The quantitative estimate of drug-likeness (QED) is 0.309. The number of piperazine rings is 1. The van der Waals surface area contributed by atoms with Gasteiger partial charge in [0.25, 0.3) is 10.2 Å². The van der Waals surface area contributed by atoms with Crippen molar-refractivity contribution in [3.63, 3.8) is 0 Å². The number of nitrogens with zero attached hydrogens (tertiary/aromatic N) is 4. The minimum absolute atomic E-state index is 0.149. The van der Waals surface area contributed by atoms with Crippen molar-refractivity contribution < 1.29 is 13.6 Å². The lowest BCUT2D eigenvalue weighted by molar-refractivity contribution is 0.191.